The van der Waals surface area contributed by atoms with Gasteiger partial charge in [0.2, 0.25) is 5.91 Å². The summed E-state index contributed by atoms with van der Waals surface area (Å²) in [6, 6.07) is 2.30. The standard InChI is InChI=1S/C18H27NO3S/c1-13(2)10-21-11-15-3-4-16-17(22-15)5-7-19(16)18(20)9-14-6-8-23-12-14/h6,8,12-13,15-17H,3-5,7,9-11H2,1-2H3/t15-,16+,17+/m0/s1. The van der Waals surface area contributed by atoms with E-state index < -0.39 is 0 Å². The highest BCUT2D eigenvalue weighted by molar-refractivity contribution is 7.07. The molecule has 0 spiro atoms. The molecule has 1 aromatic heterocycles. The molecule has 0 saturated carbocycles. The molecule has 0 bridgehead atoms. The Labute approximate surface area is 142 Å². The molecule has 4 nitrogen and oxygen atoms in total. The fourth-order valence-electron chi connectivity index (χ4n) is 3.53. The van der Waals surface area contributed by atoms with Crippen LogP contribution in [0.15, 0.2) is 16.8 Å². The van der Waals surface area contributed by atoms with E-state index in [-0.39, 0.29) is 24.2 Å². The van der Waals surface area contributed by atoms with Gasteiger partial charge in [-0.25, -0.2) is 0 Å². The van der Waals surface area contributed by atoms with Gasteiger partial charge in [0.05, 0.1) is 31.3 Å². The van der Waals surface area contributed by atoms with Crippen LogP contribution in [0.3, 0.4) is 0 Å². The predicted octanol–water partition coefficient (Wildman–Crippen LogP) is 3.11. The summed E-state index contributed by atoms with van der Waals surface area (Å²) in [6.07, 6.45) is 3.90. The Hall–Kier alpha value is -0.910. The number of likely N-dealkylation sites (tertiary alicyclic amines) is 1. The van der Waals surface area contributed by atoms with Crippen LogP contribution in [0.25, 0.3) is 0 Å². The lowest BCUT2D eigenvalue weighted by molar-refractivity contribution is -0.138. The lowest BCUT2D eigenvalue weighted by atomic mass is 9.99. The number of hydrogen-bond donors (Lipinski definition) is 0. The zero-order valence-electron chi connectivity index (χ0n) is 14.1. The van der Waals surface area contributed by atoms with Crippen molar-refractivity contribution in [2.45, 2.75) is 57.8 Å². The van der Waals surface area contributed by atoms with Crippen LogP contribution in [0.1, 0.15) is 38.7 Å². The maximum atomic E-state index is 12.5. The monoisotopic (exact) mass is 337 g/mol. The molecule has 1 amide bonds. The van der Waals surface area contributed by atoms with Gasteiger partial charge in [-0.15, -0.1) is 0 Å². The SMILES string of the molecule is CC(C)COC[C@@H]1CC[C@@H]2[C@@H](CCN2C(=O)Cc2ccsc2)O1. The quantitative estimate of drug-likeness (QED) is 0.800. The molecule has 5 heteroatoms. The van der Waals surface area contributed by atoms with Crippen LogP contribution in [0, 0.1) is 5.92 Å². The van der Waals surface area contributed by atoms with E-state index in [1.165, 1.54) is 0 Å². The van der Waals surface area contributed by atoms with E-state index in [4.69, 9.17) is 9.47 Å². The molecular formula is C18H27NO3S. The van der Waals surface area contributed by atoms with Gasteiger partial charge in [0.25, 0.3) is 0 Å². The third-order valence-corrected chi connectivity index (χ3v) is 5.38. The molecule has 2 aliphatic heterocycles. The topological polar surface area (TPSA) is 38.8 Å². The molecule has 2 saturated heterocycles. The predicted molar refractivity (Wildman–Crippen MR) is 91.7 cm³/mol. The number of amides is 1. The van der Waals surface area contributed by atoms with Crippen molar-refractivity contribution in [3.8, 4) is 0 Å². The summed E-state index contributed by atoms with van der Waals surface area (Å²) in [7, 11) is 0. The van der Waals surface area contributed by atoms with Crippen molar-refractivity contribution in [3.05, 3.63) is 22.4 Å². The largest absolute Gasteiger partial charge is 0.378 e. The molecule has 0 N–H and O–H groups in total. The van der Waals surface area contributed by atoms with Gasteiger partial charge >= 0.3 is 0 Å². The highest BCUT2D eigenvalue weighted by Crippen LogP contribution is 2.32. The Morgan fingerprint density at radius 1 is 1.43 bits per heavy atom. The van der Waals surface area contributed by atoms with Gasteiger partial charge in [-0.3, -0.25) is 4.79 Å². The highest BCUT2D eigenvalue weighted by Gasteiger charge is 2.41. The van der Waals surface area contributed by atoms with E-state index in [2.05, 4.69) is 19.2 Å². The molecule has 1 aromatic rings. The minimum Gasteiger partial charge on any atom is -0.378 e. The molecule has 0 aliphatic carbocycles. The first-order valence-electron chi connectivity index (χ1n) is 8.67. The molecule has 3 rings (SSSR count). The average molecular weight is 337 g/mol. The van der Waals surface area contributed by atoms with Crippen LogP contribution in [0.4, 0.5) is 0 Å². The van der Waals surface area contributed by atoms with Crippen molar-refractivity contribution in [1.29, 1.82) is 0 Å². The molecule has 3 heterocycles. The molecule has 0 aromatic carbocycles. The molecule has 128 valence electrons. The van der Waals surface area contributed by atoms with E-state index in [0.717, 1.165) is 38.0 Å². The Bertz CT molecular complexity index is 502. The number of rotatable bonds is 6. The van der Waals surface area contributed by atoms with Gasteiger partial charge in [0, 0.05) is 13.2 Å². The maximum absolute atomic E-state index is 12.5. The number of fused-ring (bicyclic) bond motifs is 1. The smallest absolute Gasteiger partial charge is 0.227 e. The first kappa shape index (κ1) is 16.9. The van der Waals surface area contributed by atoms with Crippen LogP contribution in [-0.4, -0.2) is 48.8 Å². The van der Waals surface area contributed by atoms with Crippen molar-refractivity contribution < 1.29 is 14.3 Å². The second kappa shape index (κ2) is 7.77. The Morgan fingerprint density at radius 3 is 3.04 bits per heavy atom. The molecule has 2 aliphatic rings. The highest BCUT2D eigenvalue weighted by atomic mass is 32.1. The summed E-state index contributed by atoms with van der Waals surface area (Å²) in [5.74, 6) is 0.803. The van der Waals surface area contributed by atoms with Gasteiger partial charge in [-0.05, 0) is 47.6 Å². The fraction of sp³-hybridized carbons (Fsp3) is 0.722. The second-order valence-corrected chi connectivity index (χ2v) is 7.84. The first-order chi connectivity index (χ1) is 11.1. The molecule has 2 fully saturated rings. The average Bonchev–Trinajstić information content (AvgIpc) is 3.15. The second-order valence-electron chi connectivity index (χ2n) is 7.06. The van der Waals surface area contributed by atoms with E-state index in [0.29, 0.717) is 18.9 Å². The maximum Gasteiger partial charge on any atom is 0.227 e. The Morgan fingerprint density at radius 2 is 2.30 bits per heavy atom. The van der Waals surface area contributed by atoms with Gasteiger partial charge in [0.1, 0.15) is 0 Å². The minimum absolute atomic E-state index is 0.196. The first-order valence-corrected chi connectivity index (χ1v) is 9.61. The molecule has 3 atom stereocenters. The van der Waals surface area contributed by atoms with Crippen molar-refractivity contribution in [1.82, 2.24) is 4.90 Å². The van der Waals surface area contributed by atoms with E-state index >= 15 is 0 Å². The molecular weight excluding hydrogens is 310 g/mol. The summed E-state index contributed by atoms with van der Waals surface area (Å²) in [5, 5.41) is 4.09. The van der Waals surface area contributed by atoms with E-state index in [9.17, 15) is 4.79 Å². The lowest BCUT2D eigenvalue weighted by Gasteiger charge is -2.36. The van der Waals surface area contributed by atoms with Crippen molar-refractivity contribution >= 4 is 17.2 Å². The number of thiophene rings is 1. The third-order valence-electron chi connectivity index (χ3n) is 4.65. The van der Waals surface area contributed by atoms with Crippen molar-refractivity contribution in [2.75, 3.05) is 19.8 Å². The number of hydrogen-bond acceptors (Lipinski definition) is 4. The van der Waals surface area contributed by atoms with E-state index in [1.807, 2.05) is 16.3 Å². The van der Waals surface area contributed by atoms with Gasteiger partial charge in [-0.2, -0.15) is 11.3 Å². The summed E-state index contributed by atoms with van der Waals surface area (Å²) >= 11 is 1.65. The minimum atomic E-state index is 0.196. The molecule has 0 unspecified atom stereocenters. The molecule has 0 radical (unpaired) electrons. The number of carbonyl (C=O) groups excluding carboxylic acids is 1. The summed E-state index contributed by atoms with van der Waals surface area (Å²) < 4.78 is 11.9. The lowest BCUT2D eigenvalue weighted by Crippen LogP contribution is -2.46. The van der Waals surface area contributed by atoms with Crippen LogP contribution >= 0.6 is 11.3 Å². The van der Waals surface area contributed by atoms with Crippen LogP contribution < -0.4 is 0 Å². The number of ether oxygens (including phenoxy) is 2. The van der Waals surface area contributed by atoms with Gasteiger partial charge < -0.3 is 14.4 Å². The van der Waals surface area contributed by atoms with E-state index in [1.54, 1.807) is 11.3 Å². The third kappa shape index (κ3) is 4.34. The summed E-state index contributed by atoms with van der Waals surface area (Å²) in [6.45, 7) is 6.62. The zero-order chi connectivity index (χ0) is 16.2. The summed E-state index contributed by atoms with van der Waals surface area (Å²) in [4.78, 5) is 14.6. The van der Waals surface area contributed by atoms with Gasteiger partial charge in [-0.1, -0.05) is 13.8 Å². The Balaban J connectivity index is 1.48. The Kier molecular flexibility index (Phi) is 5.72. The zero-order valence-corrected chi connectivity index (χ0v) is 14.9. The number of carbonyl (C=O) groups is 1. The van der Waals surface area contributed by atoms with Crippen LogP contribution in [0.2, 0.25) is 0 Å². The van der Waals surface area contributed by atoms with Crippen molar-refractivity contribution in [3.63, 3.8) is 0 Å². The normalized spacial score (nSPS) is 27.4. The van der Waals surface area contributed by atoms with Crippen LogP contribution in [-0.2, 0) is 20.7 Å². The van der Waals surface area contributed by atoms with Crippen LogP contribution in [0.5, 0.6) is 0 Å². The summed E-state index contributed by atoms with van der Waals surface area (Å²) in [5.41, 5.74) is 1.13. The molecule has 23 heavy (non-hydrogen) atoms. The number of nitrogens with zero attached hydrogens (tertiary/aromatic N) is 1. The van der Waals surface area contributed by atoms with Crippen molar-refractivity contribution in [2.24, 2.45) is 5.92 Å². The van der Waals surface area contributed by atoms with Gasteiger partial charge in [0.15, 0.2) is 0 Å². The fourth-order valence-corrected chi connectivity index (χ4v) is 4.20.